The molecule has 1 aromatic carbocycles. The van der Waals surface area contributed by atoms with Crippen LogP contribution in [0.1, 0.15) is 45.6 Å². The third kappa shape index (κ3) is 4.43. The van der Waals surface area contributed by atoms with Crippen molar-refractivity contribution in [3.05, 3.63) is 23.8 Å². The highest BCUT2D eigenvalue weighted by Crippen LogP contribution is 2.30. The number of hydrogen-bond donors (Lipinski definition) is 1. The van der Waals surface area contributed by atoms with Crippen LogP contribution in [0.5, 0.6) is 11.5 Å². The van der Waals surface area contributed by atoms with E-state index in [9.17, 15) is 5.11 Å². The van der Waals surface area contributed by atoms with Gasteiger partial charge in [0.05, 0.1) is 7.11 Å². The average molecular weight is 265 g/mol. The van der Waals surface area contributed by atoms with E-state index in [0.29, 0.717) is 11.8 Å². The third-order valence-electron chi connectivity index (χ3n) is 3.69. The van der Waals surface area contributed by atoms with Crippen LogP contribution in [0.15, 0.2) is 18.2 Å². The van der Waals surface area contributed by atoms with Crippen LogP contribution in [0, 0.1) is 0 Å². The van der Waals surface area contributed by atoms with E-state index in [1.165, 1.54) is 12.8 Å². The van der Waals surface area contributed by atoms with Crippen LogP contribution in [-0.2, 0) is 6.54 Å². The minimum atomic E-state index is 0.273. The molecule has 0 bridgehead atoms. The number of nitrogens with zero attached hydrogens (tertiary/aromatic N) is 1. The maximum Gasteiger partial charge on any atom is 0.162 e. The summed E-state index contributed by atoms with van der Waals surface area (Å²) in [7, 11) is 1.59. The zero-order chi connectivity index (χ0) is 14.3. The maximum absolute atomic E-state index is 10.2. The quantitative estimate of drug-likeness (QED) is 0.776. The summed E-state index contributed by atoms with van der Waals surface area (Å²) in [6.45, 7) is 8.50. The van der Waals surface area contributed by atoms with Crippen molar-refractivity contribution < 1.29 is 9.84 Å². The lowest BCUT2D eigenvalue weighted by atomic mass is 10.1. The van der Waals surface area contributed by atoms with Gasteiger partial charge >= 0.3 is 0 Å². The van der Waals surface area contributed by atoms with Crippen LogP contribution in [0.3, 0.4) is 0 Å². The van der Waals surface area contributed by atoms with Gasteiger partial charge in [0.1, 0.15) is 0 Å². The minimum Gasteiger partial charge on any atom is -0.504 e. The first-order valence-electron chi connectivity index (χ1n) is 7.22. The van der Waals surface area contributed by atoms with Gasteiger partial charge < -0.3 is 9.84 Å². The summed E-state index contributed by atoms with van der Waals surface area (Å²) in [5.41, 5.74) is 0.941. The molecule has 0 aliphatic rings. The van der Waals surface area contributed by atoms with E-state index in [4.69, 9.17) is 4.74 Å². The van der Waals surface area contributed by atoms with Crippen molar-refractivity contribution in [3.63, 3.8) is 0 Å². The molecule has 0 saturated carbocycles. The molecular formula is C16H27NO2. The van der Waals surface area contributed by atoms with Crippen LogP contribution >= 0.6 is 0 Å². The molecule has 1 N–H and O–H groups in total. The van der Waals surface area contributed by atoms with Crippen LogP contribution in [-0.4, -0.2) is 29.7 Å². The normalized spacial score (nSPS) is 12.7. The van der Waals surface area contributed by atoms with Crippen molar-refractivity contribution in [1.29, 1.82) is 0 Å². The molecule has 19 heavy (non-hydrogen) atoms. The molecule has 0 saturated heterocycles. The lowest BCUT2D eigenvalue weighted by Crippen LogP contribution is -2.33. The standard InChI is InChI=1S/C16H27NO2/c1-5-7-11-17(13(3)6-2)12-14-9-8-10-15(19-4)16(14)18/h8-10,13,18H,5-7,11-12H2,1-4H3. The Morgan fingerprint density at radius 1 is 1.32 bits per heavy atom. The SMILES string of the molecule is CCCCN(Cc1cccc(OC)c1O)C(C)CC. The van der Waals surface area contributed by atoms with Gasteiger partial charge in [0.2, 0.25) is 0 Å². The fraction of sp³-hybridized carbons (Fsp3) is 0.625. The fourth-order valence-electron chi connectivity index (χ4n) is 2.15. The molecule has 0 aliphatic carbocycles. The van der Waals surface area contributed by atoms with E-state index in [-0.39, 0.29) is 5.75 Å². The fourth-order valence-corrected chi connectivity index (χ4v) is 2.15. The molecular weight excluding hydrogens is 238 g/mol. The zero-order valence-electron chi connectivity index (χ0n) is 12.6. The van der Waals surface area contributed by atoms with Gasteiger partial charge in [0, 0.05) is 18.2 Å². The van der Waals surface area contributed by atoms with E-state index >= 15 is 0 Å². The number of phenols is 1. The first kappa shape index (κ1) is 15.8. The Morgan fingerprint density at radius 3 is 2.63 bits per heavy atom. The van der Waals surface area contributed by atoms with E-state index in [2.05, 4.69) is 25.7 Å². The van der Waals surface area contributed by atoms with Gasteiger partial charge in [-0.25, -0.2) is 0 Å². The molecule has 1 atom stereocenters. The van der Waals surface area contributed by atoms with Gasteiger partial charge in [-0.15, -0.1) is 0 Å². The average Bonchev–Trinajstić information content (AvgIpc) is 2.44. The summed E-state index contributed by atoms with van der Waals surface area (Å²) in [5.74, 6) is 0.826. The van der Waals surface area contributed by atoms with Crippen molar-refractivity contribution in [2.75, 3.05) is 13.7 Å². The number of rotatable bonds is 8. The number of unbranched alkanes of at least 4 members (excludes halogenated alkanes) is 1. The van der Waals surface area contributed by atoms with Crippen LogP contribution in [0.25, 0.3) is 0 Å². The number of ether oxygens (including phenoxy) is 1. The van der Waals surface area contributed by atoms with Crippen LogP contribution in [0.4, 0.5) is 0 Å². The summed E-state index contributed by atoms with van der Waals surface area (Å²) in [4.78, 5) is 2.43. The summed E-state index contributed by atoms with van der Waals surface area (Å²) >= 11 is 0. The van der Waals surface area contributed by atoms with Crippen LogP contribution < -0.4 is 4.74 Å². The Labute approximate surface area is 117 Å². The Balaban J connectivity index is 2.83. The zero-order valence-corrected chi connectivity index (χ0v) is 12.6. The highest BCUT2D eigenvalue weighted by molar-refractivity contribution is 5.45. The van der Waals surface area contributed by atoms with E-state index in [0.717, 1.165) is 25.1 Å². The third-order valence-corrected chi connectivity index (χ3v) is 3.69. The predicted molar refractivity (Wildman–Crippen MR) is 79.7 cm³/mol. The number of hydrogen-bond acceptors (Lipinski definition) is 3. The van der Waals surface area contributed by atoms with Gasteiger partial charge in [-0.05, 0) is 32.4 Å². The molecule has 0 amide bonds. The molecule has 1 aromatic rings. The highest BCUT2D eigenvalue weighted by atomic mass is 16.5. The maximum atomic E-state index is 10.2. The van der Waals surface area contributed by atoms with E-state index in [1.54, 1.807) is 13.2 Å². The minimum absolute atomic E-state index is 0.273. The second-order valence-electron chi connectivity index (χ2n) is 5.05. The van der Waals surface area contributed by atoms with Crippen molar-refractivity contribution in [3.8, 4) is 11.5 Å². The number of aromatic hydroxyl groups is 1. The van der Waals surface area contributed by atoms with Gasteiger partial charge in [-0.2, -0.15) is 0 Å². The predicted octanol–water partition coefficient (Wildman–Crippen LogP) is 3.80. The lowest BCUT2D eigenvalue weighted by molar-refractivity contribution is 0.190. The van der Waals surface area contributed by atoms with Gasteiger partial charge in [-0.3, -0.25) is 4.90 Å². The second kappa shape index (κ2) is 8.05. The number of phenolic OH excluding ortho intramolecular Hbond substituents is 1. The smallest absolute Gasteiger partial charge is 0.162 e. The molecule has 1 unspecified atom stereocenters. The van der Waals surface area contributed by atoms with Gasteiger partial charge in [0.25, 0.3) is 0 Å². The van der Waals surface area contributed by atoms with Crippen molar-refractivity contribution >= 4 is 0 Å². The summed E-state index contributed by atoms with van der Waals surface area (Å²) < 4.78 is 5.17. The Kier molecular flexibility index (Phi) is 6.71. The van der Waals surface area contributed by atoms with Crippen molar-refractivity contribution in [2.45, 2.75) is 52.6 Å². The highest BCUT2D eigenvalue weighted by Gasteiger charge is 2.15. The molecule has 3 heteroatoms. The molecule has 1 rings (SSSR count). The van der Waals surface area contributed by atoms with Crippen molar-refractivity contribution in [1.82, 2.24) is 4.90 Å². The number of methoxy groups -OCH3 is 1. The van der Waals surface area contributed by atoms with Crippen molar-refractivity contribution in [2.24, 2.45) is 0 Å². The molecule has 0 spiro atoms. The Morgan fingerprint density at radius 2 is 2.05 bits per heavy atom. The monoisotopic (exact) mass is 265 g/mol. The largest absolute Gasteiger partial charge is 0.504 e. The topological polar surface area (TPSA) is 32.7 Å². The summed E-state index contributed by atoms with van der Waals surface area (Å²) in [6.07, 6.45) is 3.50. The molecule has 0 heterocycles. The Bertz CT molecular complexity index is 379. The van der Waals surface area contributed by atoms with Crippen LogP contribution in [0.2, 0.25) is 0 Å². The first-order chi connectivity index (χ1) is 9.13. The molecule has 0 aromatic heterocycles. The summed E-state index contributed by atoms with van der Waals surface area (Å²) in [5, 5.41) is 10.2. The van der Waals surface area contributed by atoms with E-state index < -0.39 is 0 Å². The lowest BCUT2D eigenvalue weighted by Gasteiger charge is -2.28. The van der Waals surface area contributed by atoms with E-state index in [1.807, 2.05) is 12.1 Å². The molecule has 0 radical (unpaired) electrons. The second-order valence-corrected chi connectivity index (χ2v) is 5.05. The number of para-hydroxylation sites is 1. The number of benzene rings is 1. The Hall–Kier alpha value is -1.22. The molecule has 0 aliphatic heterocycles. The van der Waals surface area contributed by atoms with Gasteiger partial charge in [-0.1, -0.05) is 32.4 Å². The molecule has 3 nitrogen and oxygen atoms in total. The summed E-state index contributed by atoms with van der Waals surface area (Å²) in [6, 6.07) is 6.22. The van der Waals surface area contributed by atoms with Gasteiger partial charge in [0.15, 0.2) is 11.5 Å². The molecule has 0 fully saturated rings. The first-order valence-corrected chi connectivity index (χ1v) is 7.22. The molecule has 108 valence electrons.